The number of para-hydroxylation sites is 1. The second-order valence-electron chi connectivity index (χ2n) is 4.58. The second kappa shape index (κ2) is 4.88. The van der Waals surface area contributed by atoms with Crippen LogP contribution in [0.25, 0.3) is 0 Å². The van der Waals surface area contributed by atoms with E-state index in [1.54, 1.807) is 0 Å². The number of hydrogen-bond donors (Lipinski definition) is 1. The second-order valence-corrected chi connectivity index (χ2v) is 4.58. The monoisotopic (exact) mass is 220 g/mol. The van der Waals surface area contributed by atoms with E-state index in [1.807, 2.05) is 12.1 Å². The van der Waals surface area contributed by atoms with Crippen molar-refractivity contribution in [2.24, 2.45) is 0 Å². The van der Waals surface area contributed by atoms with Crippen molar-refractivity contribution in [1.82, 2.24) is 0 Å². The molecule has 2 heteroatoms. The Kier molecular flexibility index (Phi) is 3.49. The van der Waals surface area contributed by atoms with Crippen molar-refractivity contribution in [2.75, 3.05) is 6.61 Å². The third-order valence-electron chi connectivity index (χ3n) is 3.45. The molecule has 1 aromatic carbocycles. The van der Waals surface area contributed by atoms with Crippen molar-refractivity contribution < 1.29 is 9.84 Å². The molecular formula is C14H20O2. The normalized spacial score (nSPS) is 21.8. The third-order valence-corrected chi connectivity index (χ3v) is 3.45. The number of aliphatic hydroxyl groups excluding tert-OH is 1. The third kappa shape index (κ3) is 2.07. The number of ether oxygens (including phenoxy) is 1. The molecule has 88 valence electrons. The predicted molar refractivity (Wildman–Crippen MR) is 64.8 cm³/mol. The van der Waals surface area contributed by atoms with Gasteiger partial charge in [-0.15, -0.1) is 0 Å². The van der Waals surface area contributed by atoms with E-state index in [4.69, 9.17) is 4.74 Å². The quantitative estimate of drug-likeness (QED) is 0.827. The van der Waals surface area contributed by atoms with Crippen molar-refractivity contribution in [3.63, 3.8) is 0 Å². The first-order valence-electron chi connectivity index (χ1n) is 6.17. The summed E-state index contributed by atoms with van der Waals surface area (Å²) in [6.45, 7) is 5.10. The van der Waals surface area contributed by atoms with Gasteiger partial charge in [0.25, 0.3) is 0 Å². The molecule has 0 bridgehead atoms. The Morgan fingerprint density at radius 3 is 3.06 bits per heavy atom. The lowest BCUT2D eigenvalue weighted by molar-refractivity contribution is 0.167. The lowest BCUT2D eigenvalue weighted by atomic mass is 9.93. The van der Waals surface area contributed by atoms with Crippen LogP contribution in [0.15, 0.2) is 18.2 Å². The maximum atomic E-state index is 10.0. The smallest absolute Gasteiger partial charge is 0.128 e. The summed E-state index contributed by atoms with van der Waals surface area (Å²) in [7, 11) is 0. The van der Waals surface area contributed by atoms with Gasteiger partial charge in [0.1, 0.15) is 5.75 Å². The minimum Gasteiger partial charge on any atom is -0.493 e. The van der Waals surface area contributed by atoms with Crippen LogP contribution < -0.4 is 4.74 Å². The van der Waals surface area contributed by atoms with E-state index < -0.39 is 0 Å². The molecule has 0 saturated carbocycles. The van der Waals surface area contributed by atoms with Crippen LogP contribution in [0.4, 0.5) is 0 Å². The molecule has 2 rings (SSSR count). The van der Waals surface area contributed by atoms with Crippen LogP contribution in [0.5, 0.6) is 5.75 Å². The lowest BCUT2D eigenvalue weighted by Crippen LogP contribution is -2.03. The van der Waals surface area contributed by atoms with E-state index in [2.05, 4.69) is 19.9 Å². The summed E-state index contributed by atoms with van der Waals surface area (Å²) in [6.07, 6.45) is 2.46. The molecular weight excluding hydrogens is 200 g/mol. The summed E-state index contributed by atoms with van der Waals surface area (Å²) in [5, 5.41) is 10.0. The van der Waals surface area contributed by atoms with Gasteiger partial charge in [-0.1, -0.05) is 32.0 Å². The van der Waals surface area contributed by atoms with Gasteiger partial charge in [0.15, 0.2) is 0 Å². The molecule has 0 saturated heterocycles. The van der Waals surface area contributed by atoms with Crippen LogP contribution in [0, 0.1) is 0 Å². The fraction of sp³-hybridized carbons (Fsp3) is 0.571. The van der Waals surface area contributed by atoms with Crippen molar-refractivity contribution in [3.8, 4) is 5.75 Å². The maximum absolute atomic E-state index is 10.0. The Morgan fingerprint density at radius 2 is 2.31 bits per heavy atom. The Hall–Kier alpha value is -1.02. The first kappa shape index (κ1) is 11.5. The molecule has 0 aromatic heterocycles. The lowest BCUT2D eigenvalue weighted by Gasteiger charge is -2.18. The molecule has 1 aromatic rings. The molecule has 0 fully saturated rings. The SMILES string of the molecule is CCC(C)c1cccc2c1OCCC[C@H]2O. The van der Waals surface area contributed by atoms with Gasteiger partial charge < -0.3 is 9.84 Å². The molecule has 0 amide bonds. The van der Waals surface area contributed by atoms with Gasteiger partial charge in [0, 0.05) is 5.56 Å². The van der Waals surface area contributed by atoms with Crippen LogP contribution in [-0.4, -0.2) is 11.7 Å². The fourth-order valence-electron chi connectivity index (χ4n) is 2.22. The molecule has 1 heterocycles. The van der Waals surface area contributed by atoms with Crippen LogP contribution in [0.1, 0.15) is 56.3 Å². The summed E-state index contributed by atoms with van der Waals surface area (Å²) in [5.74, 6) is 1.42. The topological polar surface area (TPSA) is 29.5 Å². The molecule has 16 heavy (non-hydrogen) atoms. The molecule has 0 aliphatic carbocycles. The maximum Gasteiger partial charge on any atom is 0.128 e. The van der Waals surface area contributed by atoms with Gasteiger partial charge >= 0.3 is 0 Å². The summed E-state index contributed by atoms with van der Waals surface area (Å²) < 4.78 is 5.81. The van der Waals surface area contributed by atoms with Gasteiger partial charge in [-0.3, -0.25) is 0 Å². The first-order chi connectivity index (χ1) is 7.74. The minimum atomic E-state index is -0.360. The summed E-state index contributed by atoms with van der Waals surface area (Å²) in [6, 6.07) is 6.13. The highest BCUT2D eigenvalue weighted by molar-refractivity contribution is 5.45. The highest BCUT2D eigenvalue weighted by Crippen LogP contribution is 2.38. The number of aliphatic hydroxyl groups is 1. The fourth-order valence-corrected chi connectivity index (χ4v) is 2.22. The Labute approximate surface area is 97.3 Å². The standard InChI is InChI=1S/C14H20O2/c1-3-10(2)11-6-4-7-12-13(15)8-5-9-16-14(11)12/h4,6-7,10,13,15H,3,5,8-9H2,1-2H3/t10?,13-/m1/s1. The van der Waals surface area contributed by atoms with Gasteiger partial charge in [-0.25, -0.2) is 0 Å². The van der Waals surface area contributed by atoms with Gasteiger partial charge in [0.05, 0.1) is 12.7 Å². The number of rotatable bonds is 2. The van der Waals surface area contributed by atoms with E-state index >= 15 is 0 Å². The molecule has 1 aliphatic rings. The van der Waals surface area contributed by atoms with Crippen LogP contribution in [-0.2, 0) is 0 Å². The largest absolute Gasteiger partial charge is 0.493 e. The number of hydrogen-bond acceptors (Lipinski definition) is 2. The summed E-state index contributed by atoms with van der Waals surface area (Å²) in [5.41, 5.74) is 2.20. The van der Waals surface area contributed by atoms with Gasteiger partial charge in [0.2, 0.25) is 0 Å². The molecule has 1 N–H and O–H groups in total. The molecule has 0 spiro atoms. The molecule has 2 atom stereocenters. The summed E-state index contributed by atoms with van der Waals surface area (Å²) >= 11 is 0. The number of benzene rings is 1. The van der Waals surface area contributed by atoms with Crippen molar-refractivity contribution >= 4 is 0 Å². The van der Waals surface area contributed by atoms with E-state index in [1.165, 1.54) is 5.56 Å². The van der Waals surface area contributed by atoms with E-state index in [9.17, 15) is 5.11 Å². The van der Waals surface area contributed by atoms with Gasteiger partial charge in [-0.05, 0) is 30.7 Å². The summed E-state index contributed by atoms with van der Waals surface area (Å²) in [4.78, 5) is 0. The van der Waals surface area contributed by atoms with Crippen LogP contribution in [0.3, 0.4) is 0 Å². The Morgan fingerprint density at radius 1 is 1.50 bits per heavy atom. The Balaban J connectivity index is 2.44. The minimum absolute atomic E-state index is 0.360. The first-order valence-corrected chi connectivity index (χ1v) is 6.17. The van der Waals surface area contributed by atoms with E-state index in [-0.39, 0.29) is 6.10 Å². The highest BCUT2D eigenvalue weighted by atomic mass is 16.5. The number of fused-ring (bicyclic) bond motifs is 1. The molecule has 0 radical (unpaired) electrons. The molecule has 2 nitrogen and oxygen atoms in total. The highest BCUT2D eigenvalue weighted by Gasteiger charge is 2.21. The zero-order valence-electron chi connectivity index (χ0n) is 10.1. The Bertz CT molecular complexity index is 360. The van der Waals surface area contributed by atoms with Crippen LogP contribution >= 0.6 is 0 Å². The van der Waals surface area contributed by atoms with E-state index in [0.29, 0.717) is 5.92 Å². The zero-order valence-corrected chi connectivity index (χ0v) is 10.1. The molecule has 1 aliphatic heterocycles. The predicted octanol–water partition coefficient (Wildman–Crippen LogP) is 3.41. The van der Waals surface area contributed by atoms with Gasteiger partial charge in [-0.2, -0.15) is 0 Å². The molecule has 1 unspecified atom stereocenters. The zero-order chi connectivity index (χ0) is 11.5. The average molecular weight is 220 g/mol. The van der Waals surface area contributed by atoms with Crippen molar-refractivity contribution in [2.45, 2.75) is 45.1 Å². The average Bonchev–Trinajstić information content (AvgIpc) is 2.50. The van der Waals surface area contributed by atoms with Crippen molar-refractivity contribution in [3.05, 3.63) is 29.3 Å². The van der Waals surface area contributed by atoms with Crippen molar-refractivity contribution in [1.29, 1.82) is 0 Å². The van der Waals surface area contributed by atoms with Crippen LogP contribution in [0.2, 0.25) is 0 Å². The van der Waals surface area contributed by atoms with E-state index in [0.717, 1.165) is 37.2 Å².